The Morgan fingerprint density at radius 1 is 1.18 bits per heavy atom. The van der Waals surface area contributed by atoms with E-state index in [9.17, 15) is 9.18 Å². The van der Waals surface area contributed by atoms with E-state index in [0.717, 1.165) is 11.1 Å². The molecule has 152 valence electrons. The van der Waals surface area contributed by atoms with E-state index < -0.39 is 11.8 Å². The number of guanidine groups is 1. The van der Waals surface area contributed by atoms with Gasteiger partial charge in [-0.05, 0) is 41.8 Å². The van der Waals surface area contributed by atoms with E-state index in [2.05, 4.69) is 15.6 Å². The van der Waals surface area contributed by atoms with E-state index in [1.165, 1.54) is 12.1 Å². The maximum atomic E-state index is 13.0. The molecule has 1 atom stereocenters. The summed E-state index contributed by atoms with van der Waals surface area (Å²) in [6.45, 7) is 0.732. The molecule has 0 fully saturated rings. The molecule has 28 heavy (non-hydrogen) atoms. The molecule has 0 aromatic heterocycles. The van der Waals surface area contributed by atoms with Gasteiger partial charge in [0.15, 0.2) is 5.96 Å². The van der Waals surface area contributed by atoms with Gasteiger partial charge in [-0.1, -0.05) is 41.4 Å². The number of nitrogens with two attached hydrogens (primary N) is 1. The highest BCUT2D eigenvalue weighted by molar-refractivity contribution is 14.0. The number of amides is 1. The zero-order valence-electron chi connectivity index (χ0n) is 15.2. The van der Waals surface area contributed by atoms with E-state index >= 15 is 0 Å². The van der Waals surface area contributed by atoms with Crippen molar-refractivity contribution in [3.8, 4) is 0 Å². The number of aliphatic imine (C=N–C) groups is 1. The molecule has 0 saturated heterocycles. The Morgan fingerprint density at radius 3 is 2.43 bits per heavy atom. The van der Waals surface area contributed by atoms with Crippen molar-refractivity contribution in [2.45, 2.75) is 13.0 Å². The first kappa shape index (κ1) is 24.5. The van der Waals surface area contributed by atoms with Gasteiger partial charge < -0.3 is 16.4 Å². The Bertz CT molecular complexity index is 818. The zero-order valence-corrected chi connectivity index (χ0v) is 19.1. The van der Waals surface area contributed by atoms with E-state index in [-0.39, 0.29) is 29.8 Å². The fourth-order valence-electron chi connectivity index (χ4n) is 2.46. The number of primary amides is 1. The first-order valence-corrected chi connectivity index (χ1v) is 9.07. The Balaban J connectivity index is 0.00000392. The van der Waals surface area contributed by atoms with Crippen molar-refractivity contribution in [3.05, 3.63) is 69.5 Å². The Kier molecular flexibility index (Phi) is 10.6. The van der Waals surface area contributed by atoms with Gasteiger partial charge in [-0.15, -0.1) is 24.0 Å². The smallest absolute Gasteiger partial charge is 0.222 e. The van der Waals surface area contributed by atoms with Crippen LogP contribution in [0.1, 0.15) is 11.1 Å². The van der Waals surface area contributed by atoms with E-state index in [4.69, 9.17) is 28.9 Å². The largest absolute Gasteiger partial charge is 0.369 e. The summed E-state index contributed by atoms with van der Waals surface area (Å²) < 4.78 is 13.0. The summed E-state index contributed by atoms with van der Waals surface area (Å²) in [6.07, 6.45) is 0.405. The Morgan fingerprint density at radius 2 is 1.86 bits per heavy atom. The quantitative estimate of drug-likeness (QED) is 0.285. The van der Waals surface area contributed by atoms with Crippen LogP contribution >= 0.6 is 47.2 Å². The SMILES string of the molecule is CN=C(NCc1ccc(Cl)cc1Cl)NCC(Cc1ccc(F)cc1)C(N)=O.I. The number of nitrogens with zero attached hydrogens (tertiary/aromatic N) is 1. The van der Waals surface area contributed by atoms with Gasteiger partial charge in [-0.3, -0.25) is 9.79 Å². The van der Waals surface area contributed by atoms with Gasteiger partial charge in [0.1, 0.15) is 5.82 Å². The van der Waals surface area contributed by atoms with Crippen molar-refractivity contribution in [1.29, 1.82) is 0 Å². The van der Waals surface area contributed by atoms with Crippen LogP contribution < -0.4 is 16.4 Å². The van der Waals surface area contributed by atoms with Gasteiger partial charge in [0.2, 0.25) is 5.91 Å². The molecule has 4 N–H and O–H groups in total. The predicted molar refractivity (Wildman–Crippen MR) is 123 cm³/mol. The molecule has 0 aliphatic heterocycles. The molecule has 0 aliphatic carbocycles. The molecule has 0 saturated carbocycles. The van der Waals surface area contributed by atoms with Gasteiger partial charge in [0, 0.05) is 30.2 Å². The summed E-state index contributed by atoms with van der Waals surface area (Å²) in [5, 5.41) is 7.32. The molecular weight excluding hydrogens is 517 g/mol. The number of rotatable bonds is 7. The number of nitrogens with one attached hydrogen (secondary N) is 2. The van der Waals surface area contributed by atoms with E-state index in [0.29, 0.717) is 35.5 Å². The molecule has 5 nitrogen and oxygen atoms in total. The summed E-state index contributed by atoms with van der Waals surface area (Å²) in [7, 11) is 1.62. The van der Waals surface area contributed by atoms with Crippen LogP contribution in [0.3, 0.4) is 0 Å². The molecule has 2 aromatic rings. The Labute approximate surface area is 190 Å². The fraction of sp³-hybridized carbons (Fsp3) is 0.263. The monoisotopic (exact) mass is 538 g/mol. The third-order valence-electron chi connectivity index (χ3n) is 4.00. The summed E-state index contributed by atoms with van der Waals surface area (Å²) in [6, 6.07) is 11.2. The van der Waals surface area contributed by atoms with E-state index in [1.807, 2.05) is 6.07 Å². The van der Waals surface area contributed by atoms with Crippen LogP contribution in [0.5, 0.6) is 0 Å². The number of halogens is 4. The normalized spacial score (nSPS) is 12.1. The van der Waals surface area contributed by atoms with Gasteiger partial charge in [-0.2, -0.15) is 0 Å². The number of hydrogen-bond donors (Lipinski definition) is 3. The van der Waals surface area contributed by atoms with Crippen LogP contribution in [-0.4, -0.2) is 25.5 Å². The van der Waals surface area contributed by atoms with Crippen LogP contribution in [0, 0.1) is 11.7 Å². The highest BCUT2D eigenvalue weighted by Gasteiger charge is 2.17. The number of carbonyl (C=O) groups is 1. The average Bonchev–Trinajstić information content (AvgIpc) is 2.63. The molecule has 0 bridgehead atoms. The summed E-state index contributed by atoms with van der Waals surface area (Å²) in [4.78, 5) is 15.9. The lowest BCUT2D eigenvalue weighted by molar-refractivity contribution is -0.121. The second kappa shape index (κ2) is 12.1. The van der Waals surface area contributed by atoms with Crippen LogP contribution in [0.25, 0.3) is 0 Å². The van der Waals surface area contributed by atoms with Crippen molar-refractivity contribution < 1.29 is 9.18 Å². The first-order chi connectivity index (χ1) is 12.9. The number of benzene rings is 2. The van der Waals surface area contributed by atoms with Gasteiger partial charge in [0.05, 0.1) is 5.92 Å². The molecule has 0 radical (unpaired) electrons. The minimum absolute atomic E-state index is 0. The Hall–Kier alpha value is -1.58. The average molecular weight is 539 g/mol. The highest BCUT2D eigenvalue weighted by atomic mass is 127. The van der Waals surface area contributed by atoms with Crippen molar-refractivity contribution in [3.63, 3.8) is 0 Å². The molecule has 0 aliphatic rings. The van der Waals surface area contributed by atoms with Crippen molar-refractivity contribution >= 4 is 59.0 Å². The van der Waals surface area contributed by atoms with Crippen LogP contribution in [-0.2, 0) is 17.8 Å². The molecular formula is C19H22Cl2FIN4O. The first-order valence-electron chi connectivity index (χ1n) is 8.31. The van der Waals surface area contributed by atoms with Crippen LogP contribution in [0.15, 0.2) is 47.5 Å². The van der Waals surface area contributed by atoms with Gasteiger partial charge in [-0.25, -0.2) is 4.39 Å². The summed E-state index contributed by atoms with van der Waals surface area (Å²) in [5.41, 5.74) is 7.19. The second-order valence-electron chi connectivity index (χ2n) is 5.97. The molecule has 1 unspecified atom stereocenters. The number of hydrogen-bond acceptors (Lipinski definition) is 2. The predicted octanol–water partition coefficient (Wildman–Crippen LogP) is 3.76. The van der Waals surface area contributed by atoms with Crippen molar-refractivity contribution in [2.24, 2.45) is 16.6 Å². The summed E-state index contributed by atoms with van der Waals surface area (Å²) in [5.74, 6) is -0.722. The molecule has 9 heteroatoms. The third kappa shape index (κ3) is 7.81. The molecule has 2 rings (SSSR count). The van der Waals surface area contributed by atoms with Crippen LogP contribution in [0.4, 0.5) is 4.39 Å². The van der Waals surface area contributed by atoms with E-state index in [1.54, 1.807) is 31.3 Å². The molecule has 1 amide bonds. The van der Waals surface area contributed by atoms with Crippen LogP contribution in [0.2, 0.25) is 10.0 Å². The second-order valence-corrected chi connectivity index (χ2v) is 6.82. The molecule has 2 aromatic carbocycles. The minimum atomic E-state index is -0.465. The summed E-state index contributed by atoms with van der Waals surface area (Å²) >= 11 is 12.0. The fourth-order valence-corrected chi connectivity index (χ4v) is 2.94. The third-order valence-corrected chi connectivity index (χ3v) is 4.59. The maximum absolute atomic E-state index is 13.0. The topological polar surface area (TPSA) is 79.5 Å². The van der Waals surface area contributed by atoms with Gasteiger partial charge >= 0.3 is 0 Å². The van der Waals surface area contributed by atoms with Crippen molar-refractivity contribution in [1.82, 2.24) is 10.6 Å². The molecule has 0 heterocycles. The maximum Gasteiger partial charge on any atom is 0.222 e. The minimum Gasteiger partial charge on any atom is -0.369 e. The lowest BCUT2D eigenvalue weighted by Crippen LogP contribution is -2.42. The molecule has 0 spiro atoms. The standard InChI is InChI=1S/C19H21Cl2FN4O.HI/c1-24-19(25-10-13-4-5-15(20)9-17(13)21)26-11-14(18(23)27)8-12-2-6-16(22)7-3-12;/h2-7,9,14H,8,10-11H2,1H3,(H2,23,27)(H2,24,25,26);1H. The van der Waals surface area contributed by atoms with Crippen molar-refractivity contribution in [2.75, 3.05) is 13.6 Å². The van der Waals surface area contributed by atoms with Gasteiger partial charge in [0.25, 0.3) is 0 Å². The zero-order chi connectivity index (χ0) is 19.8. The highest BCUT2D eigenvalue weighted by Crippen LogP contribution is 2.20. The lowest BCUT2D eigenvalue weighted by Gasteiger charge is -2.17. The number of carbonyl (C=O) groups excluding carboxylic acids is 1. The lowest BCUT2D eigenvalue weighted by atomic mass is 9.98.